The van der Waals surface area contributed by atoms with Gasteiger partial charge in [-0.1, -0.05) is 54.9 Å². The number of hydrogen-bond donors (Lipinski definition) is 2. The lowest BCUT2D eigenvalue weighted by atomic mass is 10.1. The molecule has 2 aromatic carbocycles. The Hall–Kier alpha value is -2.63. The number of carbonyl (C=O) groups is 1. The smallest absolute Gasteiger partial charge is 0.279 e. The Balaban J connectivity index is 1.67. The molecule has 0 aliphatic carbocycles. The highest BCUT2D eigenvalue weighted by Crippen LogP contribution is 2.22. The Kier molecular flexibility index (Phi) is 6.49. The molecule has 6 heteroatoms. The zero-order chi connectivity index (χ0) is 20.1. The molecule has 3 aromatic rings. The summed E-state index contributed by atoms with van der Waals surface area (Å²) < 4.78 is 1.75. The monoisotopic (exact) mass is 397 g/mol. The van der Waals surface area contributed by atoms with Crippen LogP contribution in [0.3, 0.4) is 0 Å². The predicted molar refractivity (Wildman–Crippen MR) is 113 cm³/mol. The molecule has 5 nitrogen and oxygen atoms in total. The second kappa shape index (κ2) is 9.04. The van der Waals surface area contributed by atoms with Crippen LogP contribution in [0.25, 0.3) is 5.69 Å². The van der Waals surface area contributed by atoms with Gasteiger partial charge in [-0.25, -0.2) is 4.68 Å². The standard InChI is InChI=1S/C22H25ClN4O/c1-4-17-10-8-9-13-20(17)24-21(28)15-26(3)14-19-16(2)25-27(22(19)23)18-11-6-5-7-12-18/h5-13H,4,14-15H2,1-3H3,(H,24,28)/p+1. The molecule has 1 amide bonds. The molecule has 0 fully saturated rings. The first-order valence-corrected chi connectivity index (χ1v) is 9.85. The zero-order valence-corrected chi connectivity index (χ0v) is 17.3. The molecule has 1 heterocycles. The molecule has 0 bridgehead atoms. The molecule has 1 atom stereocenters. The number of halogens is 1. The molecule has 3 rings (SSSR count). The van der Waals surface area contributed by atoms with Gasteiger partial charge in [0.25, 0.3) is 5.91 Å². The van der Waals surface area contributed by atoms with Gasteiger partial charge >= 0.3 is 0 Å². The number of quaternary nitrogens is 1. The van der Waals surface area contributed by atoms with Crippen LogP contribution < -0.4 is 10.2 Å². The van der Waals surface area contributed by atoms with Crippen LogP contribution in [0.2, 0.25) is 5.15 Å². The van der Waals surface area contributed by atoms with Crippen LogP contribution in [0.4, 0.5) is 5.69 Å². The number of aryl methyl sites for hydroxylation is 2. The molecule has 146 valence electrons. The summed E-state index contributed by atoms with van der Waals surface area (Å²) in [5.41, 5.74) is 4.79. The van der Waals surface area contributed by atoms with Crippen molar-refractivity contribution in [1.29, 1.82) is 0 Å². The minimum Gasteiger partial charge on any atom is -0.326 e. The van der Waals surface area contributed by atoms with Gasteiger partial charge in [0, 0.05) is 5.69 Å². The highest BCUT2D eigenvalue weighted by atomic mass is 35.5. The fourth-order valence-corrected chi connectivity index (χ4v) is 3.59. The Labute approximate surface area is 170 Å². The number of likely N-dealkylation sites (N-methyl/N-ethyl adjacent to an activating group) is 1. The maximum absolute atomic E-state index is 12.5. The Morgan fingerprint density at radius 1 is 1.14 bits per heavy atom. The number of benzene rings is 2. The fourth-order valence-electron chi connectivity index (χ4n) is 3.26. The molecule has 1 unspecified atom stereocenters. The van der Waals surface area contributed by atoms with Crippen molar-refractivity contribution in [1.82, 2.24) is 9.78 Å². The second-order valence-corrected chi connectivity index (χ2v) is 7.33. The molecule has 0 saturated carbocycles. The summed E-state index contributed by atoms with van der Waals surface area (Å²) >= 11 is 6.60. The summed E-state index contributed by atoms with van der Waals surface area (Å²) in [6.07, 6.45) is 0.882. The Morgan fingerprint density at radius 2 is 1.82 bits per heavy atom. The van der Waals surface area contributed by atoms with E-state index < -0.39 is 0 Å². The van der Waals surface area contributed by atoms with E-state index in [0.717, 1.165) is 39.5 Å². The molecule has 0 aliphatic rings. The molecule has 0 radical (unpaired) electrons. The first-order chi connectivity index (χ1) is 13.5. The second-order valence-electron chi connectivity index (χ2n) is 6.97. The van der Waals surface area contributed by atoms with E-state index >= 15 is 0 Å². The molecular formula is C22H26ClN4O+. The maximum atomic E-state index is 12.5. The average Bonchev–Trinajstić information content (AvgIpc) is 2.97. The van der Waals surface area contributed by atoms with Gasteiger partial charge in [-0.15, -0.1) is 0 Å². The highest BCUT2D eigenvalue weighted by Gasteiger charge is 2.20. The van der Waals surface area contributed by atoms with Crippen molar-refractivity contribution >= 4 is 23.2 Å². The van der Waals surface area contributed by atoms with Crippen molar-refractivity contribution in [3.8, 4) is 5.69 Å². The first-order valence-electron chi connectivity index (χ1n) is 9.48. The zero-order valence-electron chi connectivity index (χ0n) is 16.5. The van der Waals surface area contributed by atoms with E-state index in [1.165, 1.54) is 0 Å². The summed E-state index contributed by atoms with van der Waals surface area (Å²) in [7, 11) is 1.99. The van der Waals surface area contributed by atoms with Gasteiger partial charge in [0.1, 0.15) is 11.7 Å². The number of para-hydroxylation sites is 2. The van der Waals surface area contributed by atoms with Crippen LogP contribution in [0.5, 0.6) is 0 Å². The molecule has 1 aromatic heterocycles. The SMILES string of the molecule is CCc1ccccc1NC(=O)C[NH+](C)Cc1c(C)nn(-c2ccccc2)c1Cl. The fraction of sp³-hybridized carbons (Fsp3) is 0.273. The topological polar surface area (TPSA) is 51.4 Å². The van der Waals surface area contributed by atoms with E-state index in [9.17, 15) is 4.79 Å². The maximum Gasteiger partial charge on any atom is 0.279 e. The quantitative estimate of drug-likeness (QED) is 0.643. The molecule has 28 heavy (non-hydrogen) atoms. The summed E-state index contributed by atoms with van der Waals surface area (Å²) in [4.78, 5) is 13.5. The number of nitrogens with zero attached hydrogens (tertiary/aromatic N) is 2. The molecule has 0 spiro atoms. The third-order valence-corrected chi connectivity index (χ3v) is 5.12. The third kappa shape index (κ3) is 4.61. The number of hydrogen-bond acceptors (Lipinski definition) is 2. The van der Waals surface area contributed by atoms with Gasteiger partial charge in [0.2, 0.25) is 0 Å². The summed E-state index contributed by atoms with van der Waals surface area (Å²) in [6, 6.07) is 17.7. The van der Waals surface area contributed by atoms with Gasteiger partial charge in [0.15, 0.2) is 6.54 Å². The summed E-state index contributed by atoms with van der Waals surface area (Å²) in [5, 5.41) is 8.20. The van der Waals surface area contributed by atoms with Crippen LogP contribution in [0.15, 0.2) is 54.6 Å². The van der Waals surface area contributed by atoms with E-state index in [4.69, 9.17) is 11.6 Å². The van der Waals surface area contributed by atoms with Gasteiger partial charge < -0.3 is 10.2 Å². The van der Waals surface area contributed by atoms with Crippen molar-refractivity contribution in [2.24, 2.45) is 0 Å². The number of amides is 1. The minimum absolute atomic E-state index is 0.0115. The van der Waals surface area contributed by atoms with Crippen molar-refractivity contribution in [3.05, 3.63) is 76.6 Å². The normalized spacial score (nSPS) is 12.0. The van der Waals surface area contributed by atoms with Gasteiger partial charge in [-0.2, -0.15) is 5.10 Å². The van der Waals surface area contributed by atoms with E-state index in [2.05, 4.69) is 17.3 Å². The lowest BCUT2D eigenvalue weighted by Crippen LogP contribution is -3.08. The predicted octanol–water partition coefficient (Wildman–Crippen LogP) is 3.05. The number of anilines is 1. The molecule has 0 aliphatic heterocycles. The van der Waals surface area contributed by atoms with Gasteiger partial charge in [0.05, 0.1) is 24.0 Å². The number of nitrogens with one attached hydrogen (secondary N) is 2. The number of carbonyl (C=O) groups excluding carboxylic acids is 1. The highest BCUT2D eigenvalue weighted by molar-refractivity contribution is 6.30. The minimum atomic E-state index is -0.0115. The molecule has 0 saturated heterocycles. The van der Waals surface area contributed by atoms with Crippen molar-refractivity contribution in [3.63, 3.8) is 0 Å². The third-order valence-electron chi connectivity index (χ3n) is 4.74. The van der Waals surface area contributed by atoms with E-state index in [1.54, 1.807) is 4.68 Å². The van der Waals surface area contributed by atoms with Crippen LogP contribution in [-0.4, -0.2) is 29.3 Å². The van der Waals surface area contributed by atoms with E-state index in [-0.39, 0.29) is 5.91 Å². The van der Waals surface area contributed by atoms with Crippen LogP contribution in [0.1, 0.15) is 23.7 Å². The average molecular weight is 398 g/mol. The lowest BCUT2D eigenvalue weighted by Gasteiger charge is -2.15. The first kappa shape index (κ1) is 20.1. The Bertz CT molecular complexity index is 952. The largest absolute Gasteiger partial charge is 0.326 e. The van der Waals surface area contributed by atoms with Crippen LogP contribution in [0, 0.1) is 6.92 Å². The van der Waals surface area contributed by atoms with Crippen LogP contribution in [-0.2, 0) is 17.8 Å². The number of rotatable bonds is 7. The van der Waals surface area contributed by atoms with E-state index in [1.807, 2.05) is 68.6 Å². The van der Waals surface area contributed by atoms with Crippen molar-refractivity contribution in [2.45, 2.75) is 26.8 Å². The summed E-state index contributed by atoms with van der Waals surface area (Å²) in [5.74, 6) is -0.0115. The van der Waals surface area contributed by atoms with E-state index in [0.29, 0.717) is 18.2 Å². The van der Waals surface area contributed by atoms with Gasteiger partial charge in [-0.3, -0.25) is 4.79 Å². The lowest BCUT2D eigenvalue weighted by molar-refractivity contribution is -0.885. The Morgan fingerprint density at radius 3 is 2.54 bits per heavy atom. The number of aromatic nitrogens is 2. The van der Waals surface area contributed by atoms with Gasteiger partial charge in [-0.05, 0) is 37.1 Å². The van der Waals surface area contributed by atoms with Crippen LogP contribution >= 0.6 is 11.6 Å². The molecular weight excluding hydrogens is 372 g/mol. The summed E-state index contributed by atoms with van der Waals surface area (Å²) in [6.45, 7) is 5.01. The molecule has 2 N–H and O–H groups in total. The van der Waals surface area contributed by atoms with Crippen molar-refractivity contribution < 1.29 is 9.69 Å². The van der Waals surface area contributed by atoms with Crippen molar-refractivity contribution in [2.75, 3.05) is 18.9 Å².